The van der Waals surface area contributed by atoms with Crippen molar-refractivity contribution in [3.63, 3.8) is 0 Å². The second-order valence-corrected chi connectivity index (χ2v) is 6.43. The summed E-state index contributed by atoms with van der Waals surface area (Å²) in [5.74, 6) is -0.324. The number of esters is 1. The highest BCUT2D eigenvalue weighted by Crippen LogP contribution is 2.51. The fraction of sp³-hybridized carbons (Fsp3) is 0.938. The summed E-state index contributed by atoms with van der Waals surface area (Å²) in [4.78, 5) is 11.1. The number of carbonyl (C=O) groups excluding carboxylic acids is 1. The average molecular weight is 302 g/mol. The van der Waals surface area contributed by atoms with E-state index in [4.69, 9.17) is 14.2 Å². The maximum Gasteiger partial charge on any atom is 0.302 e. The fourth-order valence-corrected chi connectivity index (χ4v) is 3.64. The van der Waals surface area contributed by atoms with E-state index >= 15 is 0 Å². The minimum Gasteiger partial charge on any atom is -0.463 e. The van der Waals surface area contributed by atoms with Crippen LogP contribution in [0.15, 0.2) is 0 Å². The smallest absolute Gasteiger partial charge is 0.302 e. The predicted octanol–water partition coefficient (Wildman–Crippen LogP) is 2.16. The number of methoxy groups -OCH3 is 1. The van der Waals surface area contributed by atoms with Crippen LogP contribution in [0.25, 0.3) is 0 Å². The highest BCUT2D eigenvalue weighted by Gasteiger charge is 2.58. The first-order valence-electron chi connectivity index (χ1n) is 7.72. The van der Waals surface area contributed by atoms with Gasteiger partial charge in [0.25, 0.3) is 0 Å². The summed E-state index contributed by atoms with van der Waals surface area (Å²) in [5, 5.41) is 9.72. The highest BCUT2D eigenvalue weighted by atomic mass is 16.6. The van der Waals surface area contributed by atoms with Gasteiger partial charge in [0, 0.05) is 24.9 Å². The Bertz CT molecular complexity index is 359. The predicted molar refractivity (Wildman–Crippen MR) is 80.0 cm³/mol. The molecule has 0 saturated carbocycles. The molecule has 5 atom stereocenters. The van der Waals surface area contributed by atoms with Crippen LogP contribution in [0, 0.1) is 10.8 Å². The molecule has 1 rings (SSSR count). The summed E-state index contributed by atoms with van der Waals surface area (Å²) in [5.41, 5.74) is -0.554. The molecule has 1 N–H and O–H groups in total. The molecule has 5 heteroatoms. The number of ether oxygens (including phenoxy) is 3. The molecule has 21 heavy (non-hydrogen) atoms. The highest BCUT2D eigenvalue weighted by molar-refractivity contribution is 5.65. The van der Waals surface area contributed by atoms with Crippen molar-refractivity contribution < 1.29 is 24.1 Å². The lowest BCUT2D eigenvalue weighted by Gasteiger charge is -2.57. The van der Waals surface area contributed by atoms with Gasteiger partial charge in [-0.3, -0.25) is 4.79 Å². The zero-order chi connectivity index (χ0) is 16.3. The van der Waals surface area contributed by atoms with Gasteiger partial charge in [-0.25, -0.2) is 0 Å². The molecule has 0 aromatic heterocycles. The minimum absolute atomic E-state index is 0.0689. The van der Waals surface area contributed by atoms with Crippen molar-refractivity contribution in [3.8, 4) is 0 Å². The lowest BCUT2D eigenvalue weighted by atomic mass is 9.60. The van der Waals surface area contributed by atoms with Crippen molar-refractivity contribution in [3.05, 3.63) is 0 Å². The van der Waals surface area contributed by atoms with Gasteiger partial charge in [0.05, 0.1) is 24.9 Å². The van der Waals surface area contributed by atoms with Crippen LogP contribution in [0.2, 0.25) is 0 Å². The van der Waals surface area contributed by atoms with Crippen molar-refractivity contribution in [1.82, 2.24) is 0 Å². The van der Waals surface area contributed by atoms with E-state index in [1.165, 1.54) is 6.92 Å². The van der Waals surface area contributed by atoms with E-state index in [9.17, 15) is 9.90 Å². The second kappa shape index (κ2) is 7.07. The van der Waals surface area contributed by atoms with Crippen molar-refractivity contribution in [1.29, 1.82) is 0 Å². The molecule has 0 unspecified atom stereocenters. The van der Waals surface area contributed by atoms with Crippen LogP contribution in [-0.2, 0) is 19.0 Å². The summed E-state index contributed by atoms with van der Waals surface area (Å²) in [7, 11) is 1.70. The van der Waals surface area contributed by atoms with Crippen molar-refractivity contribution in [2.75, 3.05) is 20.3 Å². The normalized spacial score (nSPS) is 40.0. The maximum atomic E-state index is 11.1. The molecule has 1 heterocycles. The second-order valence-electron chi connectivity index (χ2n) is 6.43. The largest absolute Gasteiger partial charge is 0.463 e. The van der Waals surface area contributed by atoms with E-state index in [0.717, 1.165) is 12.8 Å². The molecular weight excluding hydrogens is 272 g/mol. The third-order valence-electron chi connectivity index (χ3n) is 5.36. The zero-order valence-electron chi connectivity index (χ0n) is 14.1. The quantitative estimate of drug-likeness (QED) is 0.762. The van der Waals surface area contributed by atoms with Gasteiger partial charge in [-0.15, -0.1) is 0 Å². The SMILES string of the molecule is CC[C@@]1(C)[C@H](OC)[C@@](C)(CC)[C@@H](COC(C)=O)O[C@H]1CO. The van der Waals surface area contributed by atoms with Crippen molar-refractivity contribution in [2.24, 2.45) is 10.8 Å². The summed E-state index contributed by atoms with van der Waals surface area (Å²) in [6, 6.07) is 0. The molecule has 1 aliphatic heterocycles. The van der Waals surface area contributed by atoms with Crippen LogP contribution in [0.3, 0.4) is 0 Å². The summed E-state index contributed by atoms with van der Waals surface area (Å²) < 4.78 is 17.1. The van der Waals surface area contributed by atoms with E-state index in [2.05, 4.69) is 27.7 Å². The topological polar surface area (TPSA) is 65.0 Å². The molecule has 0 amide bonds. The third kappa shape index (κ3) is 3.25. The molecule has 0 radical (unpaired) electrons. The Balaban J connectivity index is 3.14. The lowest BCUT2D eigenvalue weighted by molar-refractivity contribution is -0.272. The molecule has 1 fully saturated rings. The van der Waals surface area contributed by atoms with Crippen LogP contribution >= 0.6 is 0 Å². The van der Waals surface area contributed by atoms with Crippen LogP contribution in [0.5, 0.6) is 0 Å². The zero-order valence-corrected chi connectivity index (χ0v) is 14.1. The van der Waals surface area contributed by atoms with Gasteiger partial charge in [-0.1, -0.05) is 27.7 Å². The molecule has 0 aliphatic carbocycles. The molecular formula is C16H30O5. The monoisotopic (exact) mass is 302 g/mol. The number of aliphatic hydroxyl groups is 1. The number of hydrogen-bond donors (Lipinski definition) is 1. The molecule has 124 valence electrons. The standard InChI is InChI=1S/C16H30O5/c1-7-15(4)12(9-17)21-13(10-20-11(3)18)16(5,8-2)14(15)19-6/h12-14,17H,7-10H2,1-6H3/t12-,13+,14-,15+,16-/m0/s1. The van der Waals surface area contributed by atoms with Crippen LogP contribution in [-0.4, -0.2) is 49.7 Å². The fourth-order valence-electron chi connectivity index (χ4n) is 3.64. The third-order valence-corrected chi connectivity index (χ3v) is 5.36. The Kier molecular flexibility index (Phi) is 6.20. The average Bonchev–Trinajstić information content (AvgIpc) is 2.46. The Labute approximate surface area is 128 Å². The van der Waals surface area contributed by atoms with E-state index in [1.807, 2.05) is 0 Å². The van der Waals surface area contributed by atoms with Gasteiger partial charge >= 0.3 is 5.97 Å². The minimum atomic E-state index is -0.326. The Hall–Kier alpha value is -0.650. The molecule has 0 bridgehead atoms. The molecule has 0 spiro atoms. The Morgan fingerprint density at radius 1 is 1.19 bits per heavy atom. The molecule has 1 saturated heterocycles. The first-order chi connectivity index (χ1) is 9.79. The van der Waals surface area contributed by atoms with E-state index in [-0.39, 0.29) is 48.3 Å². The number of rotatable bonds is 6. The van der Waals surface area contributed by atoms with Gasteiger partial charge < -0.3 is 19.3 Å². The number of carbonyl (C=O) groups is 1. The van der Waals surface area contributed by atoms with E-state index in [1.54, 1.807) is 7.11 Å². The van der Waals surface area contributed by atoms with E-state index < -0.39 is 0 Å². The lowest BCUT2D eigenvalue weighted by Crippen LogP contribution is -2.64. The Morgan fingerprint density at radius 3 is 2.10 bits per heavy atom. The van der Waals surface area contributed by atoms with Gasteiger partial charge in [-0.2, -0.15) is 0 Å². The van der Waals surface area contributed by atoms with Crippen LogP contribution in [0.1, 0.15) is 47.5 Å². The summed E-state index contributed by atoms with van der Waals surface area (Å²) >= 11 is 0. The van der Waals surface area contributed by atoms with Crippen molar-refractivity contribution >= 4 is 5.97 Å². The van der Waals surface area contributed by atoms with Crippen LogP contribution in [0.4, 0.5) is 0 Å². The molecule has 1 aliphatic rings. The van der Waals surface area contributed by atoms with Gasteiger partial charge in [0.2, 0.25) is 0 Å². The van der Waals surface area contributed by atoms with Crippen molar-refractivity contribution in [2.45, 2.75) is 65.8 Å². The molecule has 5 nitrogen and oxygen atoms in total. The first-order valence-corrected chi connectivity index (χ1v) is 7.72. The first kappa shape index (κ1) is 18.4. The number of hydrogen-bond acceptors (Lipinski definition) is 5. The Morgan fingerprint density at radius 2 is 1.71 bits per heavy atom. The summed E-state index contributed by atoms with van der Waals surface area (Å²) in [6.45, 7) is 9.89. The van der Waals surface area contributed by atoms with Crippen LogP contribution < -0.4 is 0 Å². The maximum absolute atomic E-state index is 11.1. The number of aliphatic hydroxyl groups excluding tert-OH is 1. The molecule has 0 aromatic carbocycles. The van der Waals surface area contributed by atoms with Gasteiger partial charge in [0.15, 0.2) is 0 Å². The summed E-state index contributed by atoms with van der Waals surface area (Å²) in [6.07, 6.45) is 0.991. The van der Waals surface area contributed by atoms with E-state index in [0.29, 0.717) is 0 Å². The molecule has 0 aromatic rings. The van der Waals surface area contributed by atoms with Gasteiger partial charge in [-0.05, 0) is 12.8 Å². The van der Waals surface area contributed by atoms with Gasteiger partial charge in [0.1, 0.15) is 6.61 Å².